The number of rotatable bonds is 5. The van der Waals surface area contributed by atoms with Gasteiger partial charge in [0.1, 0.15) is 11.6 Å². The van der Waals surface area contributed by atoms with Crippen LogP contribution >= 0.6 is 11.3 Å². The van der Waals surface area contributed by atoms with Crippen LogP contribution in [0.1, 0.15) is 40.1 Å². The highest BCUT2D eigenvalue weighted by Crippen LogP contribution is 2.29. The fourth-order valence-corrected chi connectivity index (χ4v) is 4.15. The molecule has 0 unspecified atom stereocenters. The molecule has 1 saturated heterocycles. The fourth-order valence-electron chi connectivity index (χ4n) is 3.33. The van der Waals surface area contributed by atoms with Crippen molar-refractivity contribution in [3.8, 4) is 0 Å². The van der Waals surface area contributed by atoms with E-state index < -0.39 is 0 Å². The number of likely N-dealkylation sites (tertiary alicyclic amines) is 1. The molecule has 0 spiro atoms. The molecule has 9 heteroatoms. The zero-order chi connectivity index (χ0) is 20.4. The van der Waals surface area contributed by atoms with Gasteiger partial charge in [-0.2, -0.15) is 0 Å². The molecule has 1 atom stereocenters. The van der Waals surface area contributed by atoms with E-state index in [1.807, 2.05) is 24.8 Å². The van der Waals surface area contributed by atoms with E-state index in [1.54, 1.807) is 36.0 Å². The highest BCUT2D eigenvalue weighted by molar-refractivity contribution is 7.15. The molecule has 0 radical (unpaired) electrons. The van der Waals surface area contributed by atoms with Crippen LogP contribution in [0.25, 0.3) is 6.08 Å². The zero-order valence-corrected chi connectivity index (χ0v) is 17.5. The van der Waals surface area contributed by atoms with Gasteiger partial charge in [-0.3, -0.25) is 4.79 Å². The van der Waals surface area contributed by atoms with Crippen molar-refractivity contribution in [3.05, 3.63) is 52.4 Å². The van der Waals surface area contributed by atoms with Gasteiger partial charge in [0.15, 0.2) is 5.13 Å². The minimum atomic E-state index is -0.0000347. The lowest BCUT2D eigenvalue weighted by Gasteiger charge is -2.15. The van der Waals surface area contributed by atoms with Gasteiger partial charge in [-0.25, -0.2) is 19.9 Å². The van der Waals surface area contributed by atoms with Crippen LogP contribution in [0, 0.1) is 20.8 Å². The van der Waals surface area contributed by atoms with E-state index >= 15 is 0 Å². The highest BCUT2D eigenvalue weighted by atomic mass is 32.1. The van der Waals surface area contributed by atoms with Crippen molar-refractivity contribution in [1.29, 1.82) is 0 Å². The van der Waals surface area contributed by atoms with E-state index in [-0.39, 0.29) is 11.8 Å². The van der Waals surface area contributed by atoms with Gasteiger partial charge in [-0.1, -0.05) is 0 Å². The molecule has 1 fully saturated rings. The molecule has 4 heterocycles. The second-order valence-corrected chi connectivity index (χ2v) is 8.32. The summed E-state index contributed by atoms with van der Waals surface area (Å²) in [6.07, 6.45) is 7.49. The maximum atomic E-state index is 12.5. The van der Waals surface area contributed by atoms with Gasteiger partial charge in [0.2, 0.25) is 5.91 Å². The van der Waals surface area contributed by atoms with Crippen molar-refractivity contribution in [1.82, 2.24) is 29.8 Å². The Morgan fingerprint density at radius 1 is 1.31 bits per heavy atom. The number of H-pyrrole nitrogens is 1. The molecule has 0 aliphatic carbocycles. The summed E-state index contributed by atoms with van der Waals surface area (Å²) in [6, 6.07) is 1.97. The van der Waals surface area contributed by atoms with Crippen LogP contribution in [0.4, 0.5) is 10.9 Å². The summed E-state index contributed by atoms with van der Waals surface area (Å²) >= 11 is 1.61. The van der Waals surface area contributed by atoms with E-state index in [9.17, 15) is 4.79 Å². The van der Waals surface area contributed by atoms with Crippen molar-refractivity contribution >= 4 is 34.3 Å². The minimum absolute atomic E-state index is 0.0000347. The largest absolute Gasteiger partial charge is 0.345 e. The second kappa shape index (κ2) is 8.12. The molecule has 2 N–H and O–H groups in total. The van der Waals surface area contributed by atoms with Crippen LogP contribution < -0.4 is 5.32 Å². The van der Waals surface area contributed by atoms with E-state index in [1.165, 1.54) is 4.88 Å². The van der Waals surface area contributed by atoms with Crippen molar-refractivity contribution in [2.24, 2.45) is 0 Å². The van der Waals surface area contributed by atoms with Crippen LogP contribution in [0.15, 0.2) is 24.7 Å². The fraction of sp³-hybridized carbons (Fsp3) is 0.350. The van der Waals surface area contributed by atoms with Crippen molar-refractivity contribution in [2.45, 2.75) is 33.1 Å². The number of aryl methyl sites for hydroxylation is 3. The number of carbonyl (C=O) groups is 1. The first-order chi connectivity index (χ1) is 14.0. The molecule has 0 bridgehead atoms. The molecule has 3 aromatic heterocycles. The molecule has 3 aromatic rings. The Bertz CT molecular complexity index is 1020. The summed E-state index contributed by atoms with van der Waals surface area (Å²) in [4.78, 5) is 36.1. The number of aromatic amines is 1. The van der Waals surface area contributed by atoms with E-state index in [2.05, 4.69) is 37.2 Å². The van der Waals surface area contributed by atoms with Crippen molar-refractivity contribution in [2.75, 3.05) is 18.4 Å². The standard InChI is InChI=1S/C20H23N7OS/c1-12-13(2)29-20(23-12)26-18-8-17(24-14(3)25-18)15-6-7-27(10-15)19(28)5-4-16-9-21-11-22-16/h4-5,8-9,11,15H,6-7,10H2,1-3H3,(H,21,22)(H,23,24,25,26)/b5-4+/t15-/m0/s1. The van der Waals surface area contributed by atoms with Crippen LogP contribution in [0.2, 0.25) is 0 Å². The third-order valence-corrected chi connectivity index (χ3v) is 5.95. The number of hydrogen-bond donors (Lipinski definition) is 2. The first-order valence-corrected chi connectivity index (χ1v) is 10.3. The molecule has 4 rings (SSSR count). The molecule has 150 valence electrons. The maximum absolute atomic E-state index is 12.5. The average Bonchev–Trinajstić information content (AvgIpc) is 3.42. The monoisotopic (exact) mass is 409 g/mol. The predicted octanol–water partition coefficient (Wildman–Crippen LogP) is 3.35. The number of aromatic nitrogens is 5. The summed E-state index contributed by atoms with van der Waals surface area (Å²) in [7, 11) is 0. The molecule has 0 saturated carbocycles. The maximum Gasteiger partial charge on any atom is 0.246 e. The number of amides is 1. The number of imidazole rings is 1. The van der Waals surface area contributed by atoms with Crippen molar-refractivity contribution < 1.29 is 4.79 Å². The number of anilines is 2. The minimum Gasteiger partial charge on any atom is -0.345 e. The Kier molecular flexibility index (Phi) is 5.39. The summed E-state index contributed by atoms with van der Waals surface area (Å²) < 4.78 is 0. The molecule has 1 aliphatic rings. The Hall–Kier alpha value is -3.07. The van der Waals surface area contributed by atoms with Gasteiger partial charge < -0.3 is 15.2 Å². The van der Waals surface area contributed by atoms with Gasteiger partial charge in [-0.05, 0) is 33.3 Å². The predicted molar refractivity (Wildman–Crippen MR) is 113 cm³/mol. The Balaban J connectivity index is 1.44. The smallest absolute Gasteiger partial charge is 0.246 e. The number of nitrogens with zero attached hydrogens (tertiary/aromatic N) is 5. The third kappa shape index (κ3) is 4.51. The van der Waals surface area contributed by atoms with Gasteiger partial charge >= 0.3 is 0 Å². The number of carbonyl (C=O) groups excluding carboxylic acids is 1. The first-order valence-electron chi connectivity index (χ1n) is 9.50. The van der Waals surface area contributed by atoms with Crippen LogP contribution in [-0.4, -0.2) is 48.8 Å². The molecular formula is C20H23N7OS. The SMILES string of the molecule is Cc1nc(Nc2nc(C)c(C)s2)cc([C@H]2CCN(C(=O)/C=C/c3cnc[nH]3)C2)n1. The average molecular weight is 410 g/mol. The summed E-state index contributed by atoms with van der Waals surface area (Å²) in [5.74, 6) is 1.64. The summed E-state index contributed by atoms with van der Waals surface area (Å²) in [5.41, 5.74) is 2.79. The van der Waals surface area contributed by atoms with Crippen molar-refractivity contribution in [3.63, 3.8) is 0 Å². The molecule has 8 nitrogen and oxygen atoms in total. The summed E-state index contributed by atoms with van der Waals surface area (Å²) in [6.45, 7) is 7.31. The lowest BCUT2D eigenvalue weighted by molar-refractivity contribution is -0.124. The van der Waals surface area contributed by atoms with Crippen LogP contribution in [-0.2, 0) is 4.79 Å². The van der Waals surface area contributed by atoms with Gasteiger partial charge in [0.25, 0.3) is 0 Å². The number of hydrogen-bond acceptors (Lipinski definition) is 7. The van der Waals surface area contributed by atoms with Gasteiger partial charge in [-0.15, -0.1) is 11.3 Å². The van der Waals surface area contributed by atoms with Crippen LogP contribution in [0.5, 0.6) is 0 Å². The van der Waals surface area contributed by atoms with E-state index in [4.69, 9.17) is 0 Å². The van der Waals surface area contributed by atoms with Gasteiger partial charge in [0.05, 0.1) is 29.6 Å². The Labute approximate surface area is 173 Å². The third-order valence-electron chi connectivity index (χ3n) is 4.96. The highest BCUT2D eigenvalue weighted by Gasteiger charge is 2.27. The van der Waals surface area contributed by atoms with Gasteiger partial charge in [0, 0.05) is 36.0 Å². The Morgan fingerprint density at radius 3 is 2.90 bits per heavy atom. The molecule has 0 aromatic carbocycles. The second-order valence-electron chi connectivity index (χ2n) is 7.12. The first kappa shape index (κ1) is 19.3. The van der Waals surface area contributed by atoms with E-state index in [0.29, 0.717) is 18.9 Å². The topological polar surface area (TPSA) is 99.7 Å². The lowest BCUT2D eigenvalue weighted by atomic mass is 10.0. The number of nitrogens with one attached hydrogen (secondary N) is 2. The molecule has 1 aliphatic heterocycles. The van der Waals surface area contributed by atoms with E-state index in [0.717, 1.165) is 34.5 Å². The van der Waals surface area contributed by atoms with Crippen LogP contribution in [0.3, 0.4) is 0 Å². The Morgan fingerprint density at radius 2 is 2.17 bits per heavy atom. The quantitative estimate of drug-likeness (QED) is 0.627. The summed E-state index contributed by atoms with van der Waals surface area (Å²) in [5, 5.41) is 4.13. The zero-order valence-electron chi connectivity index (χ0n) is 16.6. The molecule has 1 amide bonds. The molecular weight excluding hydrogens is 386 g/mol. The molecule has 29 heavy (non-hydrogen) atoms. The normalized spacial score (nSPS) is 16.7. The number of thiazole rings is 1. The lowest BCUT2D eigenvalue weighted by Crippen LogP contribution is -2.26.